The van der Waals surface area contributed by atoms with Crippen LogP contribution >= 0.6 is 0 Å². The van der Waals surface area contributed by atoms with Crippen molar-refractivity contribution >= 4 is 33.6 Å². The van der Waals surface area contributed by atoms with Crippen LogP contribution in [0.4, 0.5) is 17.1 Å². The molecule has 0 bridgehead atoms. The lowest BCUT2D eigenvalue weighted by Gasteiger charge is -2.27. The summed E-state index contributed by atoms with van der Waals surface area (Å²) in [5.74, 6) is 0.0311. The first kappa shape index (κ1) is 18.8. The summed E-state index contributed by atoms with van der Waals surface area (Å²) in [5, 5.41) is 2.37. The summed E-state index contributed by atoms with van der Waals surface area (Å²) in [6.45, 7) is 0. The van der Waals surface area contributed by atoms with Crippen LogP contribution in [-0.2, 0) is 0 Å². The molecule has 5 rings (SSSR count). The van der Waals surface area contributed by atoms with Gasteiger partial charge in [-0.3, -0.25) is 4.79 Å². The molecule has 2 heteroatoms. The van der Waals surface area contributed by atoms with E-state index >= 15 is 0 Å². The fraction of sp³-hybridized carbons (Fsp3) is 0. The number of rotatable bonds is 5. The first-order valence-electron chi connectivity index (χ1n) is 10.3. The molecule has 0 amide bonds. The molecule has 0 aromatic heterocycles. The van der Waals surface area contributed by atoms with E-state index in [1.54, 1.807) is 0 Å². The topological polar surface area (TPSA) is 20.3 Å². The summed E-state index contributed by atoms with van der Waals surface area (Å²) in [6, 6.07) is 42.3. The number of benzene rings is 5. The van der Waals surface area contributed by atoms with Crippen molar-refractivity contribution in [3.05, 3.63) is 139 Å². The van der Waals surface area contributed by atoms with Crippen LogP contribution in [0.2, 0.25) is 0 Å². The van der Waals surface area contributed by atoms with Gasteiger partial charge >= 0.3 is 0 Å². The number of fused-ring (bicyclic) bond motifs is 1. The summed E-state index contributed by atoms with van der Waals surface area (Å²) in [5.41, 5.74) is 4.56. The zero-order valence-electron chi connectivity index (χ0n) is 17.0. The zero-order valence-corrected chi connectivity index (χ0v) is 17.0. The van der Waals surface area contributed by atoms with Crippen LogP contribution in [-0.4, -0.2) is 5.78 Å². The predicted molar refractivity (Wildman–Crippen MR) is 129 cm³/mol. The first-order chi connectivity index (χ1) is 15.3. The second-order valence-corrected chi connectivity index (χ2v) is 7.41. The third-order valence-electron chi connectivity index (χ3n) is 5.45. The monoisotopic (exact) mass is 399 g/mol. The van der Waals surface area contributed by atoms with Gasteiger partial charge in [-0.05, 0) is 47.9 Å². The highest BCUT2D eigenvalue weighted by Crippen LogP contribution is 2.38. The van der Waals surface area contributed by atoms with Crippen LogP contribution in [0.15, 0.2) is 127 Å². The Labute approximate surface area is 182 Å². The molecule has 0 unspecified atom stereocenters. The molecule has 0 spiro atoms. The standard InChI is InChI=1S/C29H21NO/c31-29(23-11-3-1-4-12-23)24-18-20-26(21-19-24)30(25-14-5-2-6-15-25)28-17-9-13-22-10-7-8-16-27(22)28/h1-21H. The minimum absolute atomic E-state index is 0.0311. The van der Waals surface area contributed by atoms with Gasteiger partial charge in [0.2, 0.25) is 0 Å². The molecule has 0 radical (unpaired) electrons. The number of para-hydroxylation sites is 1. The molecule has 148 valence electrons. The Morgan fingerprint density at radius 3 is 1.77 bits per heavy atom. The molecule has 0 saturated heterocycles. The van der Waals surface area contributed by atoms with Gasteiger partial charge in [0.1, 0.15) is 0 Å². The van der Waals surface area contributed by atoms with Crippen molar-refractivity contribution < 1.29 is 4.79 Å². The van der Waals surface area contributed by atoms with Crippen LogP contribution in [0.5, 0.6) is 0 Å². The molecule has 0 aliphatic rings. The van der Waals surface area contributed by atoms with Gasteiger partial charge in [0.25, 0.3) is 0 Å². The molecular formula is C29H21NO. The molecular weight excluding hydrogens is 378 g/mol. The van der Waals surface area contributed by atoms with E-state index in [4.69, 9.17) is 0 Å². The van der Waals surface area contributed by atoms with Crippen LogP contribution in [0.1, 0.15) is 15.9 Å². The second-order valence-electron chi connectivity index (χ2n) is 7.41. The van der Waals surface area contributed by atoms with E-state index < -0.39 is 0 Å². The van der Waals surface area contributed by atoms with Crippen molar-refractivity contribution in [1.29, 1.82) is 0 Å². The minimum Gasteiger partial charge on any atom is -0.310 e. The lowest BCUT2D eigenvalue weighted by molar-refractivity contribution is 0.103. The van der Waals surface area contributed by atoms with E-state index in [1.165, 1.54) is 10.8 Å². The third-order valence-corrected chi connectivity index (χ3v) is 5.45. The predicted octanol–water partition coefficient (Wildman–Crippen LogP) is 7.54. The van der Waals surface area contributed by atoms with E-state index in [9.17, 15) is 4.79 Å². The van der Waals surface area contributed by atoms with Crippen molar-refractivity contribution in [2.45, 2.75) is 0 Å². The number of carbonyl (C=O) groups excluding carboxylic acids is 1. The van der Waals surface area contributed by atoms with Gasteiger partial charge in [-0.25, -0.2) is 0 Å². The third kappa shape index (κ3) is 3.72. The van der Waals surface area contributed by atoms with Crippen molar-refractivity contribution in [2.75, 3.05) is 4.90 Å². The lowest BCUT2D eigenvalue weighted by Crippen LogP contribution is -2.11. The molecule has 0 aliphatic carbocycles. The van der Waals surface area contributed by atoms with Gasteiger partial charge in [0, 0.05) is 27.9 Å². The molecule has 2 nitrogen and oxygen atoms in total. The second kappa shape index (κ2) is 8.29. The van der Waals surface area contributed by atoms with Crippen LogP contribution in [0.25, 0.3) is 10.8 Å². The molecule has 5 aromatic rings. The number of nitrogens with zero attached hydrogens (tertiary/aromatic N) is 1. The highest BCUT2D eigenvalue weighted by Gasteiger charge is 2.16. The molecule has 0 fully saturated rings. The molecule has 0 aliphatic heterocycles. The fourth-order valence-corrected chi connectivity index (χ4v) is 3.93. The Hall–Kier alpha value is -4.17. The lowest BCUT2D eigenvalue weighted by atomic mass is 10.0. The number of carbonyl (C=O) groups is 1. The average molecular weight is 399 g/mol. The largest absolute Gasteiger partial charge is 0.310 e. The Morgan fingerprint density at radius 1 is 0.484 bits per heavy atom. The SMILES string of the molecule is O=C(c1ccccc1)c1ccc(N(c2ccccc2)c2cccc3ccccc23)cc1. The smallest absolute Gasteiger partial charge is 0.193 e. The highest BCUT2D eigenvalue weighted by atomic mass is 16.1. The summed E-state index contributed by atoms with van der Waals surface area (Å²) in [6.07, 6.45) is 0. The number of hydrogen-bond donors (Lipinski definition) is 0. The summed E-state index contributed by atoms with van der Waals surface area (Å²) in [7, 11) is 0. The van der Waals surface area contributed by atoms with E-state index in [0.717, 1.165) is 17.1 Å². The molecule has 0 atom stereocenters. The average Bonchev–Trinajstić information content (AvgIpc) is 2.86. The Morgan fingerprint density at radius 2 is 1.03 bits per heavy atom. The van der Waals surface area contributed by atoms with E-state index in [2.05, 4.69) is 59.5 Å². The minimum atomic E-state index is 0.0311. The zero-order chi connectivity index (χ0) is 21.0. The Bertz CT molecular complexity index is 1320. The van der Waals surface area contributed by atoms with Crippen molar-refractivity contribution in [3.63, 3.8) is 0 Å². The van der Waals surface area contributed by atoms with Gasteiger partial charge in [-0.15, -0.1) is 0 Å². The number of anilines is 3. The van der Waals surface area contributed by atoms with Gasteiger partial charge in [0.15, 0.2) is 5.78 Å². The molecule has 31 heavy (non-hydrogen) atoms. The Balaban J connectivity index is 1.60. The van der Waals surface area contributed by atoms with Crippen LogP contribution in [0, 0.1) is 0 Å². The van der Waals surface area contributed by atoms with Gasteiger partial charge < -0.3 is 4.90 Å². The van der Waals surface area contributed by atoms with Gasteiger partial charge in [-0.1, -0.05) is 84.9 Å². The maximum atomic E-state index is 12.8. The van der Waals surface area contributed by atoms with Crippen molar-refractivity contribution in [1.82, 2.24) is 0 Å². The summed E-state index contributed by atoms with van der Waals surface area (Å²) in [4.78, 5) is 15.1. The fourth-order valence-electron chi connectivity index (χ4n) is 3.93. The maximum absolute atomic E-state index is 12.8. The number of hydrogen-bond acceptors (Lipinski definition) is 2. The maximum Gasteiger partial charge on any atom is 0.193 e. The normalized spacial score (nSPS) is 10.7. The molecule has 5 aromatic carbocycles. The molecule has 0 heterocycles. The van der Waals surface area contributed by atoms with Crippen molar-refractivity contribution in [3.8, 4) is 0 Å². The van der Waals surface area contributed by atoms with E-state index in [-0.39, 0.29) is 5.78 Å². The van der Waals surface area contributed by atoms with Crippen LogP contribution < -0.4 is 4.90 Å². The number of ketones is 1. The molecule has 0 N–H and O–H groups in total. The van der Waals surface area contributed by atoms with Gasteiger partial charge in [0.05, 0.1) is 5.69 Å². The first-order valence-corrected chi connectivity index (χ1v) is 10.3. The highest BCUT2D eigenvalue weighted by molar-refractivity contribution is 6.09. The Kier molecular flexibility index (Phi) is 5.04. The summed E-state index contributed by atoms with van der Waals surface area (Å²) < 4.78 is 0. The summed E-state index contributed by atoms with van der Waals surface area (Å²) >= 11 is 0. The van der Waals surface area contributed by atoms with E-state index in [1.807, 2.05) is 72.8 Å². The quantitative estimate of drug-likeness (QED) is 0.285. The van der Waals surface area contributed by atoms with Crippen molar-refractivity contribution in [2.24, 2.45) is 0 Å². The van der Waals surface area contributed by atoms with Gasteiger partial charge in [-0.2, -0.15) is 0 Å². The van der Waals surface area contributed by atoms with Crippen LogP contribution in [0.3, 0.4) is 0 Å². The van der Waals surface area contributed by atoms with E-state index in [0.29, 0.717) is 11.1 Å². The molecule has 0 saturated carbocycles.